The molecule has 4 aromatic rings. The van der Waals surface area contributed by atoms with Crippen molar-refractivity contribution in [3.05, 3.63) is 54.1 Å². The van der Waals surface area contributed by atoms with Crippen LogP contribution in [0.3, 0.4) is 0 Å². The lowest BCUT2D eigenvalue weighted by Gasteiger charge is -2.32. The Balaban J connectivity index is 1.40. The Morgan fingerprint density at radius 1 is 1.15 bits per heavy atom. The van der Waals surface area contributed by atoms with Gasteiger partial charge in [-0.05, 0) is 63.3 Å². The largest absolute Gasteiger partial charge is 0.465 e. The number of pyridine rings is 2. The van der Waals surface area contributed by atoms with Gasteiger partial charge in [0.1, 0.15) is 23.7 Å². The number of aromatic nitrogens is 6. The smallest absolute Gasteiger partial charge is 0.312 e. The second kappa shape index (κ2) is 7.47. The molecule has 0 aromatic carbocycles. The maximum Gasteiger partial charge on any atom is 0.312 e. The number of cyclic esters (lactones) is 1. The highest BCUT2D eigenvalue weighted by molar-refractivity contribution is 5.79. The van der Waals surface area contributed by atoms with Crippen LogP contribution in [0.4, 0.5) is 4.39 Å². The van der Waals surface area contributed by atoms with Crippen molar-refractivity contribution in [2.75, 3.05) is 6.61 Å². The number of aromatic amines is 1. The highest BCUT2D eigenvalue weighted by atomic mass is 19.1. The molecule has 0 bridgehead atoms. The number of hydrogen-bond acceptors (Lipinski definition) is 6. The number of aryl methyl sites for hydroxylation is 1. The molecule has 9 heteroatoms. The summed E-state index contributed by atoms with van der Waals surface area (Å²) in [6.45, 7) is 2.17. The minimum atomic E-state index is -0.346. The molecule has 2 aliphatic rings. The highest BCUT2D eigenvalue weighted by Gasteiger charge is 2.47. The molecule has 1 N–H and O–H groups in total. The number of rotatable bonds is 3. The van der Waals surface area contributed by atoms with Gasteiger partial charge in [-0.1, -0.05) is 0 Å². The summed E-state index contributed by atoms with van der Waals surface area (Å²) >= 11 is 0. The molecule has 1 aliphatic heterocycles. The number of ether oxygens (including phenoxy) is 1. The molecular weight excluding hydrogens is 423 g/mol. The van der Waals surface area contributed by atoms with Crippen LogP contribution in [-0.4, -0.2) is 42.1 Å². The molecule has 0 amide bonds. The summed E-state index contributed by atoms with van der Waals surface area (Å²) in [5.41, 5.74) is 3.73. The first kappa shape index (κ1) is 20.0. The SMILES string of the molecule is Cc1nc(-c2nc(C3CCC4(CCOC4=O)CC3)[nH]c2-c2ccc3ncnn3c2)ccc1F. The standard InChI is InChI=1S/C24H23FN6O2/c1-14-17(25)3-4-18(28-14)21-20(16-2-5-19-26-13-27-31(19)12-16)29-22(30-21)15-6-8-24(9-7-15)10-11-33-23(24)32/h2-5,12-13,15H,6-11H2,1H3,(H,29,30). The number of nitrogens with zero attached hydrogens (tertiary/aromatic N) is 5. The lowest BCUT2D eigenvalue weighted by Crippen LogP contribution is -2.31. The number of H-pyrrole nitrogens is 1. The molecule has 168 valence electrons. The Bertz CT molecular complexity index is 1370. The van der Waals surface area contributed by atoms with Crippen LogP contribution >= 0.6 is 0 Å². The number of halogens is 1. The third kappa shape index (κ3) is 3.30. The first-order chi connectivity index (χ1) is 16.0. The Morgan fingerprint density at radius 2 is 2.00 bits per heavy atom. The zero-order valence-electron chi connectivity index (χ0n) is 18.2. The average molecular weight is 446 g/mol. The van der Waals surface area contributed by atoms with E-state index in [9.17, 15) is 9.18 Å². The van der Waals surface area contributed by atoms with Crippen molar-refractivity contribution in [3.8, 4) is 22.6 Å². The molecule has 0 atom stereocenters. The minimum absolute atomic E-state index is 0.0473. The van der Waals surface area contributed by atoms with Gasteiger partial charge < -0.3 is 9.72 Å². The van der Waals surface area contributed by atoms with E-state index in [1.807, 2.05) is 18.3 Å². The van der Waals surface area contributed by atoms with Gasteiger partial charge in [0, 0.05) is 17.7 Å². The van der Waals surface area contributed by atoms with Crippen LogP contribution in [0.25, 0.3) is 28.3 Å². The lowest BCUT2D eigenvalue weighted by molar-refractivity contribution is -0.147. The van der Waals surface area contributed by atoms with E-state index >= 15 is 0 Å². The van der Waals surface area contributed by atoms with Crippen LogP contribution in [-0.2, 0) is 9.53 Å². The molecule has 1 aliphatic carbocycles. The molecular formula is C24H23FN6O2. The lowest BCUT2D eigenvalue weighted by atomic mass is 9.69. The molecule has 1 saturated carbocycles. The number of nitrogens with one attached hydrogen (secondary N) is 1. The van der Waals surface area contributed by atoms with E-state index in [1.54, 1.807) is 17.5 Å². The van der Waals surface area contributed by atoms with Gasteiger partial charge in [-0.15, -0.1) is 0 Å². The number of carbonyl (C=O) groups is 1. The Labute approximate surface area is 189 Å². The van der Waals surface area contributed by atoms with Crippen LogP contribution in [0, 0.1) is 18.2 Å². The van der Waals surface area contributed by atoms with Crippen LogP contribution in [0.15, 0.2) is 36.8 Å². The molecule has 1 spiro atoms. The van der Waals surface area contributed by atoms with E-state index in [-0.39, 0.29) is 23.1 Å². The fourth-order valence-corrected chi connectivity index (χ4v) is 5.11. The molecule has 0 unspecified atom stereocenters. The third-order valence-corrected chi connectivity index (χ3v) is 7.13. The molecule has 33 heavy (non-hydrogen) atoms. The number of hydrogen-bond donors (Lipinski definition) is 1. The molecule has 2 fully saturated rings. The second-order valence-corrected chi connectivity index (χ2v) is 9.03. The van der Waals surface area contributed by atoms with E-state index < -0.39 is 0 Å². The van der Waals surface area contributed by atoms with E-state index in [2.05, 4.69) is 20.1 Å². The maximum atomic E-state index is 13.9. The van der Waals surface area contributed by atoms with Crippen molar-refractivity contribution in [3.63, 3.8) is 0 Å². The van der Waals surface area contributed by atoms with Crippen LogP contribution in [0.1, 0.15) is 49.5 Å². The Morgan fingerprint density at radius 3 is 2.76 bits per heavy atom. The first-order valence-corrected chi connectivity index (χ1v) is 11.2. The summed E-state index contributed by atoms with van der Waals surface area (Å²) in [5.74, 6) is 0.673. The van der Waals surface area contributed by atoms with E-state index in [0.717, 1.165) is 54.8 Å². The van der Waals surface area contributed by atoms with Crippen LogP contribution in [0.2, 0.25) is 0 Å². The highest BCUT2D eigenvalue weighted by Crippen LogP contribution is 2.48. The van der Waals surface area contributed by atoms with Gasteiger partial charge in [0.15, 0.2) is 5.65 Å². The van der Waals surface area contributed by atoms with Gasteiger partial charge in [0.25, 0.3) is 0 Å². The monoisotopic (exact) mass is 446 g/mol. The molecule has 6 rings (SSSR count). The summed E-state index contributed by atoms with van der Waals surface area (Å²) in [7, 11) is 0. The number of imidazole rings is 1. The van der Waals surface area contributed by atoms with Crippen molar-refractivity contribution in [2.24, 2.45) is 5.41 Å². The number of esters is 1. The maximum absolute atomic E-state index is 13.9. The van der Waals surface area contributed by atoms with Crippen molar-refractivity contribution in [2.45, 2.75) is 44.9 Å². The Kier molecular flexibility index (Phi) is 4.53. The summed E-state index contributed by atoms with van der Waals surface area (Å²) in [6.07, 6.45) is 7.54. The van der Waals surface area contributed by atoms with Crippen LogP contribution in [0.5, 0.6) is 0 Å². The summed E-state index contributed by atoms with van der Waals surface area (Å²) < 4.78 is 20.9. The van der Waals surface area contributed by atoms with Gasteiger partial charge >= 0.3 is 5.97 Å². The van der Waals surface area contributed by atoms with Crippen molar-refractivity contribution >= 4 is 11.6 Å². The zero-order valence-corrected chi connectivity index (χ0v) is 18.2. The molecule has 5 heterocycles. The van der Waals surface area contributed by atoms with Crippen molar-refractivity contribution in [1.29, 1.82) is 0 Å². The van der Waals surface area contributed by atoms with Gasteiger partial charge in [-0.3, -0.25) is 4.79 Å². The number of carbonyl (C=O) groups excluding carboxylic acids is 1. The average Bonchev–Trinajstić information content (AvgIpc) is 3.55. The quantitative estimate of drug-likeness (QED) is 0.473. The topological polar surface area (TPSA) is 98.1 Å². The van der Waals surface area contributed by atoms with E-state index in [1.165, 1.54) is 12.4 Å². The fourth-order valence-electron chi connectivity index (χ4n) is 5.11. The van der Waals surface area contributed by atoms with Gasteiger partial charge in [0.2, 0.25) is 0 Å². The second-order valence-electron chi connectivity index (χ2n) is 9.03. The summed E-state index contributed by atoms with van der Waals surface area (Å²) in [5, 5.41) is 4.24. The van der Waals surface area contributed by atoms with Gasteiger partial charge in [-0.25, -0.2) is 23.9 Å². The fraction of sp³-hybridized carbons (Fsp3) is 0.375. The van der Waals surface area contributed by atoms with E-state index in [4.69, 9.17) is 9.72 Å². The predicted molar refractivity (Wildman–Crippen MR) is 118 cm³/mol. The molecule has 8 nitrogen and oxygen atoms in total. The molecule has 4 aromatic heterocycles. The summed E-state index contributed by atoms with van der Waals surface area (Å²) in [6, 6.07) is 6.94. The van der Waals surface area contributed by atoms with Gasteiger partial charge in [-0.2, -0.15) is 5.10 Å². The minimum Gasteiger partial charge on any atom is -0.465 e. The normalized spacial score (nSPS) is 22.8. The van der Waals surface area contributed by atoms with Gasteiger partial charge in [0.05, 0.1) is 29.1 Å². The number of fused-ring (bicyclic) bond motifs is 1. The Hall–Kier alpha value is -3.62. The van der Waals surface area contributed by atoms with Crippen molar-refractivity contribution in [1.82, 2.24) is 29.5 Å². The first-order valence-electron chi connectivity index (χ1n) is 11.2. The summed E-state index contributed by atoms with van der Waals surface area (Å²) in [4.78, 5) is 29.4. The zero-order chi connectivity index (χ0) is 22.6. The predicted octanol–water partition coefficient (Wildman–Crippen LogP) is 4.22. The van der Waals surface area contributed by atoms with E-state index in [0.29, 0.717) is 23.7 Å². The molecule has 1 saturated heterocycles. The van der Waals surface area contributed by atoms with Crippen LogP contribution < -0.4 is 0 Å². The van der Waals surface area contributed by atoms with Crippen molar-refractivity contribution < 1.29 is 13.9 Å². The molecule has 0 radical (unpaired) electrons. The third-order valence-electron chi connectivity index (χ3n) is 7.13.